The summed E-state index contributed by atoms with van der Waals surface area (Å²) in [6, 6.07) is 9.32. The fourth-order valence-corrected chi connectivity index (χ4v) is 2.20. The van der Waals surface area contributed by atoms with Crippen molar-refractivity contribution >= 4 is 11.6 Å². The molecule has 6 nitrogen and oxygen atoms in total. The SMILES string of the molecule is C[C@H](c1nc(C2CC2)no1)N(C)CC(=O)Nc1ccccc1. The highest BCUT2D eigenvalue weighted by molar-refractivity contribution is 5.92. The van der Waals surface area contributed by atoms with Crippen molar-refractivity contribution in [2.24, 2.45) is 0 Å². The van der Waals surface area contributed by atoms with Crippen molar-refractivity contribution in [1.29, 1.82) is 0 Å². The van der Waals surface area contributed by atoms with E-state index in [0.29, 0.717) is 11.8 Å². The van der Waals surface area contributed by atoms with Crippen LogP contribution in [0.25, 0.3) is 0 Å². The largest absolute Gasteiger partial charge is 0.338 e. The quantitative estimate of drug-likeness (QED) is 0.887. The van der Waals surface area contributed by atoms with Crippen LogP contribution in [-0.2, 0) is 4.79 Å². The summed E-state index contributed by atoms with van der Waals surface area (Å²) in [5.41, 5.74) is 0.794. The first kappa shape index (κ1) is 14.7. The summed E-state index contributed by atoms with van der Waals surface area (Å²) in [6.45, 7) is 2.22. The molecule has 1 aliphatic rings. The Hall–Kier alpha value is -2.21. The molecule has 1 aromatic heterocycles. The van der Waals surface area contributed by atoms with Gasteiger partial charge in [-0.05, 0) is 38.9 Å². The van der Waals surface area contributed by atoms with Crippen LogP contribution in [0.4, 0.5) is 5.69 Å². The molecule has 3 rings (SSSR count). The molecule has 1 atom stereocenters. The maximum atomic E-state index is 12.1. The Bertz CT molecular complexity index is 637. The molecule has 0 unspecified atom stereocenters. The molecule has 0 saturated heterocycles. The Labute approximate surface area is 129 Å². The second kappa shape index (κ2) is 6.27. The van der Waals surface area contributed by atoms with Gasteiger partial charge in [-0.3, -0.25) is 9.69 Å². The minimum Gasteiger partial charge on any atom is -0.338 e. The summed E-state index contributed by atoms with van der Waals surface area (Å²) in [5, 5.41) is 6.88. The molecule has 116 valence electrons. The summed E-state index contributed by atoms with van der Waals surface area (Å²) in [4.78, 5) is 18.4. The third kappa shape index (κ3) is 3.51. The number of para-hydroxylation sites is 1. The Morgan fingerprint density at radius 1 is 1.41 bits per heavy atom. The van der Waals surface area contributed by atoms with Gasteiger partial charge in [0.15, 0.2) is 5.82 Å². The zero-order chi connectivity index (χ0) is 15.5. The highest BCUT2D eigenvalue weighted by Gasteiger charge is 2.30. The fourth-order valence-electron chi connectivity index (χ4n) is 2.20. The van der Waals surface area contributed by atoms with Gasteiger partial charge >= 0.3 is 0 Å². The molecule has 1 heterocycles. The van der Waals surface area contributed by atoms with Crippen LogP contribution in [0.1, 0.15) is 43.4 Å². The third-order valence-electron chi connectivity index (χ3n) is 3.87. The number of nitrogens with one attached hydrogen (secondary N) is 1. The predicted molar refractivity (Wildman–Crippen MR) is 82.4 cm³/mol. The molecule has 0 spiro atoms. The monoisotopic (exact) mass is 300 g/mol. The Morgan fingerprint density at radius 3 is 2.82 bits per heavy atom. The zero-order valence-electron chi connectivity index (χ0n) is 12.8. The molecule has 22 heavy (non-hydrogen) atoms. The van der Waals surface area contributed by atoms with E-state index in [-0.39, 0.29) is 18.5 Å². The van der Waals surface area contributed by atoms with Crippen molar-refractivity contribution in [2.75, 3.05) is 18.9 Å². The molecular formula is C16H20N4O2. The Balaban J connectivity index is 1.55. The summed E-state index contributed by atoms with van der Waals surface area (Å²) in [5.74, 6) is 1.76. The number of benzene rings is 1. The third-order valence-corrected chi connectivity index (χ3v) is 3.87. The minimum absolute atomic E-state index is 0.0671. The molecule has 0 aliphatic heterocycles. The van der Waals surface area contributed by atoms with E-state index in [9.17, 15) is 4.79 Å². The molecule has 1 aliphatic carbocycles. The van der Waals surface area contributed by atoms with E-state index in [1.807, 2.05) is 49.2 Å². The van der Waals surface area contributed by atoms with Gasteiger partial charge in [0.2, 0.25) is 11.8 Å². The molecule has 2 aromatic rings. The minimum atomic E-state index is -0.0958. The van der Waals surface area contributed by atoms with Gasteiger partial charge in [0, 0.05) is 11.6 Å². The van der Waals surface area contributed by atoms with Crippen LogP contribution in [0.5, 0.6) is 0 Å². The summed E-state index contributed by atoms with van der Waals surface area (Å²) in [7, 11) is 1.87. The number of hydrogen-bond donors (Lipinski definition) is 1. The van der Waals surface area contributed by atoms with Gasteiger partial charge in [-0.15, -0.1) is 0 Å². The van der Waals surface area contributed by atoms with Crippen molar-refractivity contribution in [3.05, 3.63) is 42.0 Å². The van der Waals surface area contributed by atoms with Gasteiger partial charge in [0.1, 0.15) is 0 Å². The van der Waals surface area contributed by atoms with Crippen LogP contribution in [0, 0.1) is 0 Å². The highest BCUT2D eigenvalue weighted by Crippen LogP contribution is 2.38. The maximum Gasteiger partial charge on any atom is 0.243 e. The van der Waals surface area contributed by atoms with Gasteiger partial charge in [0.25, 0.3) is 0 Å². The first-order chi connectivity index (χ1) is 10.6. The number of carbonyl (C=O) groups excluding carboxylic acids is 1. The van der Waals surface area contributed by atoms with Crippen molar-refractivity contribution in [2.45, 2.75) is 31.7 Å². The zero-order valence-corrected chi connectivity index (χ0v) is 12.8. The first-order valence-corrected chi connectivity index (χ1v) is 7.52. The van der Waals surface area contributed by atoms with Crippen LogP contribution in [0.15, 0.2) is 34.9 Å². The van der Waals surface area contributed by atoms with Crippen molar-refractivity contribution in [1.82, 2.24) is 15.0 Å². The molecule has 1 amide bonds. The lowest BCUT2D eigenvalue weighted by Gasteiger charge is -2.20. The van der Waals surface area contributed by atoms with Crippen LogP contribution in [0.2, 0.25) is 0 Å². The standard InChI is InChI=1S/C16H20N4O2/c1-11(16-18-15(19-22-16)12-8-9-12)20(2)10-14(21)17-13-6-4-3-5-7-13/h3-7,11-12H,8-10H2,1-2H3,(H,17,21)/t11-/m1/s1. The number of aromatic nitrogens is 2. The number of amides is 1. The number of anilines is 1. The number of likely N-dealkylation sites (N-methyl/N-ethyl adjacent to an activating group) is 1. The van der Waals surface area contributed by atoms with E-state index in [0.717, 1.165) is 24.4 Å². The molecule has 1 aromatic carbocycles. The van der Waals surface area contributed by atoms with Crippen LogP contribution in [-0.4, -0.2) is 34.5 Å². The molecular weight excluding hydrogens is 280 g/mol. The second-order valence-corrected chi connectivity index (χ2v) is 5.77. The maximum absolute atomic E-state index is 12.1. The lowest BCUT2D eigenvalue weighted by atomic mass is 10.3. The van der Waals surface area contributed by atoms with E-state index in [4.69, 9.17) is 4.52 Å². The van der Waals surface area contributed by atoms with E-state index < -0.39 is 0 Å². The van der Waals surface area contributed by atoms with Crippen molar-refractivity contribution < 1.29 is 9.32 Å². The molecule has 1 N–H and O–H groups in total. The molecule has 6 heteroatoms. The lowest BCUT2D eigenvalue weighted by Crippen LogP contribution is -2.32. The number of hydrogen-bond acceptors (Lipinski definition) is 5. The van der Waals surface area contributed by atoms with Gasteiger partial charge in [0.05, 0.1) is 12.6 Å². The van der Waals surface area contributed by atoms with E-state index in [1.165, 1.54) is 0 Å². The van der Waals surface area contributed by atoms with Crippen LogP contribution >= 0.6 is 0 Å². The van der Waals surface area contributed by atoms with Crippen molar-refractivity contribution in [3.63, 3.8) is 0 Å². The normalized spacial score (nSPS) is 15.8. The molecule has 0 radical (unpaired) electrons. The summed E-state index contributed by atoms with van der Waals surface area (Å²) < 4.78 is 5.31. The first-order valence-electron chi connectivity index (χ1n) is 7.52. The fraction of sp³-hybridized carbons (Fsp3) is 0.438. The number of rotatable bonds is 6. The van der Waals surface area contributed by atoms with Crippen molar-refractivity contribution in [3.8, 4) is 0 Å². The summed E-state index contributed by atoms with van der Waals surface area (Å²) in [6.07, 6.45) is 2.28. The number of nitrogens with zero attached hydrogens (tertiary/aromatic N) is 3. The van der Waals surface area contributed by atoms with Gasteiger partial charge < -0.3 is 9.84 Å². The summed E-state index contributed by atoms with van der Waals surface area (Å²) >= 11 is 0. The highest BCUT2D eigenvalue weighted by atomic mass is 16.5. The average molecular weight is 300 g/mol. The average Bonchev–Trinajstić information content (AvgIpc) is 3.25. The number of carbonyl (C=O) groups is 1. The lowest BCUT2D eigenvalue weighted by molar-refractivity contribution is -0.117. The Morgan fingerprint density at radius 2 is 2.14 bits per heavy atom. The van der Waals surface area contributed by atoms with Gasteiger partial charge in [-0.2, -0.15) is 4.98 Å². The van der Waals surface area contributed by atoms with E-state index >= 15 is 0 Å². The molecule has 1 saturated carbocycles. The van der Waals surface area contributed by atoms with E-state index in [1.54, 1.807) is 0 Å². The molecule has 0 bridgehead atoms. The van der Waals surface area contributed by atoms with E-state index in [2.05, 4.69) is 15.5 Å². The van der Waals surface area contributed by atoms with Gasteiger partial charge in [-0.25, -0.2) is 0 Å². The van der Waals surface area contributed by atoms with Crippen LogP contribution in [0.3, 0.4) is 0 Å². The Kier molecular flexibility index (Phi) is 4.20. The van der Waals surface area contributed by atoms with Crippen LogP contribution < -0.4 is 5.32 Å². The topological polar surface area (TPSA) is 71.3 Å². The van der Waals surface area contributed by atoms with Gasteiger partial charge in [-0.1, -0.05) is 23.4 Å². The second-order valence-electron chi connectivity index (χ2n) is 5.77. The molecule has 1 fully saturated rings. The smallest absolute Gasteiger partial charge is 0.243 e. The predicted octanol–water partition coefficient (Wildman–Crippen LogP) is 2.58.